The Morgan fingerprint density at radius 3 is 1.41 bits per heavy atom. The zero-order valence-electron chi connectivity index (χ0n) is 16.9. The molecule has 1 heterocycles. The average molecular weight is 413 g/mol. The summed E-state index contributed by atoms with van der Waals surface area (Å²) < 4.78 is 77.1. The number of hydrogen-bond donors (Lipinski definition) is 0. The molecule has 1 saturated heterocycles. The van der Waals surface area contributed by atoms with Crippen LogP contribution in [0.1, 0.15) is 75.7 Å². The van der Waals surface area contributed by atoms with E-state index in [-0.39, 0.29) is 25.9 Å². The van der Waals surface area contributed by atoms with Crippen LogP contribution in [0.25, 0.3) is 0 Å². The van der Waals surface area contributed by atoms with E-state index in [9.17, 15) is 31.1 Å². The van der Waals surface area contributed by atoms with Gasteiger partial charge in [0, 0.05) is 13.1 Å². The highest BCUT2D eigenvalue weighted by molar-refractivity contribution is 5.68. The van der Waals surface area contributed by atoms with Gasteiger partial charge in [-0.15, -0.1) is 0 Å². The van der Waals surface area contributed by atoms with Gasteiger partial charge in [-0.3, -0.25) is 0 Å². The lowest BCUT2D eigenvalue weighted by atomic mass is 9.83. The molecule has 0 bridgehead atoms. The summed E-state index contributed by atoms with van der Waals surface area (Å²) in [5.41, 5.74) is -0.0930. The van der Waals surface area contributed by atoms with Crippen LogP contribution in [0.2, 0.25) is 0 Å². The fourth-order valence-corrected chi connectivity index (χ4v) is 1.79. The van der Waals surface area contributed by atoms with Gasteiger partial charge >= 0.3 is 18.4 Å². The molecular formula is C18H37F6NO2. The third-order valence-electron chi connectivity index (χ3n) is 3.19. The summed E-state index contributed by atoms with van der Waals surface area (Å²) in [6.07, 6.45) is -16.0. The first-order valence-corrected chi connectivity index (χ1v) is 8.92. The van der Waals surface area contributed by atoms with E-state index in [1.54, 1.807) is 0 Å². The fourth-order valence-electron chi connectivity index (χ4n) is 1.79. The maximum atomic E-state index is 12.3. The Bertz CT molecular complexity index is 344. The van der Waals surface area contributed by atoms with Crippen LogP contribution < -0.4 is 0 Å². The Morgan fingerprint density at radius 2 is 1.15 bits per heavy atom. The van der Waals surface area contributed by atoms with E-state index in [4.69, 9.17) is 0 Å². The molecule has 0 aromatic rings. The van der Waals surface area contributed by atoms with Gasteiger partial charge in [-0.2, -0.15) is 26.3 Å². The number of hydrogen-bond acceptors (Lipinski definition) is 2. The van der Waals surface area contributed by atoms with Crippen molar-refractivity contribution in [3.63, 3.8) is 0 Å². The second-order valence-electron chi connectivity index (χ2n) is 5.50. The Morgan fingerprint density at radius 1 is 0.852 bits per heavy atom. The molecule has 0 saturated carbocycles. The second kappa shape index (κ2) is 14.9. The molecule has 0 spiro atoms. The van der Waals surface area contributed by atoms with Gasteiger partial charge < -0.3 is 9.64 Å². The summed E-state index contributed by atoms with van der Waals surface area (Å²) >= 11 is 0. The number of likely N-dealkylation sites (tertiary alicyclic amines) is 1. The van der Waals surface area contributed by atoms with Crippen molar-refractivity contribution >= 4 is 6.09 Å². The van der Waals surface area contributed by atoms with Crippen molar-refractivity contribution in [1.29, 1.82) is 0 Å². The third-order valence-corrected chi connectivity index (χ3v) is 3.19. The van der Waals surface area contributed by atoms with Crippen molar-refractivity contribution < 1.29 is 35.9 Å². The highest BCUT2D eigenvalue weighted by Crippen LogP contribution is 2.36. The van der Waals surface area contributed by atoms with Gasteiger partial charge in [-0.05, 0) is 18.3 Å². The minimum absolute atomic E-state index is 0. The number of ether oxygens (including phenoxy) is 1. The maximum absolute atomic E-state index is 12.3. The lowest BCUT2D eigenvalue weighted by molar-refractivity contribution is -0.308. The van der Waals surface area contributed by atoms with E-state index < -0.39 is 24.5 Å². The average Bonchev–Trinajstić information content (AvgIpc) is 2.56. The van der Waals surface area contributed by atoms with Gasteiger partial charge in [0.2, 0.25) is 0 Å². The van der Waals surface area contributed by atoms with Crippen molar-refractivity contribution in [3.05, 3.63) is 0 Å². The van der Waals surface area contributed by atoms with E-state index in [0.29, 0.717) is 12.8 Å². The first-order valence-electron chi connectivity index (χ1n) is 8.92. The molecular weight excluding hydrogens is 376 g/mol. The van der Waals surface area contributed by atoms with Crippen LogP contribution in [0, 0.1) is 5.41 Å². The number of piperidine rings is 1. The van der Waals surface area contributed by atoms with Crippen LogP contribution in [0.15, 0.2) is 0 Å². The van der Waals surface area contributed by atoms with Crippen LogP contribution in [-0.2, 0) is 4.74 Å². The molecule has 1 amide bonds. The molecule has 0 aromatic carbocycles. The predicted octanol–water partition coefficient (Wildman–Crippen LogP) is 7.45. The molecule has 0 aromatic heterocycles. The topological polar surface area (TPSA) is 29.5 Å². The Hall–Kier alpha value is -1.15. The summed E-state index contributed by atoms with van der Waals surface area (Å²) in [6.45, 7) is 16.0. The van der Waals surface area contributed by atoms with E-state index in [1.165, 1.54) is 0 Å². The van der Waals surface area contributed by atoms with E-state index >= 15 is 0 Å². The summed E-state index contributed by atoms with van der Waals surface area (Å²) in [7, 11) is 0. The largest absolute Gasteiger partial charge is 0.434 e. The lowest BCUT2D eigenvalue weighted by Crippen LogP contribution is -2.49. The lowest BCUT2D eigenvalue weighted by Gasteiger charge is -2.37. The molecule has 0 radical (unpaired) electrons. The highest BCUT2D eigenvalue weighted by atomic mass is 19.4. The number of halogens is 6. The summed E-state index contributed by atoms with van der Waals surface area (Å²) in [6, 6.07) is 0. The smallest absolute Gasteiger partial charge is 0.426 e. The molecule has 168 valence electrons. The van der Waals surface area contributed by atoms with Gasteiger partial charge in [0.05, 0.1) is 0 Å². The summed E-state index contributed by atoms with van der Waals surface area (Å²) in [4.78, 5) is 12.3. The zero-order chi connectivity index (χ0) is 21.8. The van der Waals surface area contributed by atoms with Crippen molar-refractivity contribution in [3.8, 4) is 0 Å². The quantitative estimate of drug-likeness (QED) is 0.418. The van der Waals surface area contributed by atoms with E-state index in [2.05, 4.69) is 4.74 Å². The number of alkyl halides is 6. The summed E-state index contributed by atoms with van der Waals surface area (Å²) in [5, 5.41) is 0. The van der Waals surface area contributed by atoms with Gasteiger partial charge in [0.1, 0.15) is 0 Å². The summed E-state index contributed by atoms with van der Waals surface area (Å²) in [5.74, 6) is 0. The SMILES string of the molecule is C.CC.CC.CC.CC1(C)CCN(C(=O)OC(C(F)(F)F)C(F)(F)F)CC1. The minimum Gasteiger partial charge on any atom is -0.426 e. The molecule has 1 fully saturated rings. The van der Waals surface area contributed by atoms with Crippen LogP contribution in [0.3, 0.4) is 0 Å². The van der Waals surface area contributed by atoms with Gasteiger partial charge in [0.25, 0.3) is 6.10 Å². The molecule has 0 atom stereocenters. The number of carbonyl (C=O) groups is 1. The zero-order valence-corrected chi connectivity index (χ0v) is 16.9. The highest BCUT2D eigenvalue weighted by Gasteiger charge is 2.60. The fraction of sp³-hybridized carbons (Fsp3) is 0.944. The Kier molecular flexibility index (Phi) is 18.4. The monoisotopic (exact) mass is 413 g/mol. The molecule has 1 rings (SSSR count). The van der Waals surface area contributed by atoms with Crippen LogP contribution in [-0.4, -0.2) is 42.5 Å². The first-order chi connectivity index (χ1) is 11.8. The molecule has 0 aliphatic carbocycles. The van der Waals surface area contributed by atoms with Crippen molar-refractivity contribution in [2.24, 2.45) is 5.41 Å². The van der Waals surface area contributed by atoms with Gasteiger partial charge in [-0.1, -0.05) is 62.8 Å². The van der Waals surface area contributed by atoms with Crippen molar-refractivity contribution in [2.45, 2.75) is 94.1 Å². The van der Waals surface area contributed by atoms with E-state index in [0.717, 1.165) is 4.90 Å². The van der Waals surface area contributed by atoms with Crippen LogP contribution >= 0.6 is 0 Å². The first kappa shape index (κ1) is 33.4. The second-order valence-corrected chi connectivity index (χ2v) is 5.50. The molecule has 0 unspecified atom stereocenters. The van der Waals surface area contributed by atoms with Gasteiger partial charge in [0.15, 0.2) is 0 Å². The maximum Gasteiger partial charge on any atom is 0.434 e. The van der Waals surface area contributed by atoms with Crippen LogP contribution in [0.5, 0.6) is 0 Å². The molecule has 9 heteroatoms. The predicted molar refractivity (Wildman–Crippen MR) is 97.7 cm³/mol. The molecule has 1 aliphatic heterocycles. The molecule has 27 heavy (non-hydrogen) atoms. The van der Waals surface area contributed by atoms with Crippen molar-refractivity contribution in [1.82, 2.24) is 4.90 Å². The molecule has 0 N–H and O–H groups in total. The number of carbonyl (C=O) groups excluding carboxylic acids is 1. The Balaban J connectivity index is -0.000000342. The van der Waals surface area contributed by atoms with Crippen LogP contribution in [0.4, 0.5) is 31.1 Å². The number of rotatable bonds is 1. The number of amides is 1. The molecule has 3 nitrogen and oxygen atoms in total. The standard InChI is InChI=1S/C11H15F6NO2.3C2H6.CH4/c1-9(2)3-5-18(6-4-9)8(19)20-7(10(12,13)14)11(15,16)17;3*1-2;/h7H,3-6H2,1-2H3;3*1-2H3;1H4. The molecule has 1 aliphatic rings. The third kappa shape index (κ3) is 13.6. The number of nitrogens with zero attached hydrogens (tertiary/aromatic N) is 1. The Labute approximate surface area is 160 Å². The van der Waals surface area contributed by atoms with Crippen molar-refractivity contribution in [2.75, 3.05) is 13.1 Å². The van der Waals surface area contributed by atoms with Gasteiger partial charge in [-0.25, -0.2) is 4.79 Å². The minimum atomic E-state index is -5.68. The van der Waals surface area contributed by atoms with E-state index in [1.807, 2.05) is 55.4 Å². The normalized spacial score (nSPS) is 15.6.